The molecule has 0 heterocycles. The average molecular weight is 354 g/mol. The van der Waals surface area contributed by atoms with Gasteiger partial charge in [0, 0.05) is 22.8 Å². The summed E-state index contributed by atoms with van der Waals surface area (Å²) in [6, 6.07) is 9.61. The van der Waals surface area contributed by atoms with Crippen molar-refractivity contribution in [2.75, 3.05) is 6.61 Å². The van der Waals surface area contributed by atoms with Gasteiger partial charge in [0.05, 0.1) is 6.61 Å². The summed E-state index contributed by atoms with van der Waals surface area (Å²) >= 11 is 0. The molecule has 0 aliphatic rings. The molecule has 0 saturated heterocycles. The lowest BCUT2D eigenvalue weighted by Gasteiger charge is -2.25. The van der Waals surface area contributed by atoms with Crippen molar-refractivity contribution in [3.63, 3.8) is 0 Å². The van der Waals surface area contributed by atoms with Crippen molar-refractivity contribution in [3.8, 4) is 17.2 Å². The fourth-order valence-electron chi connectivity index (χ4n) is 2.62. The first kappa shape index (κ1) is 19.6. The van der Waals surface area contributed by atoms with Gasteiger partial charge in [0.2, 0.25) is 0 Å². The van der Waals surface area contributed by atoms with Crippen molar-refractivity contribution in [2.45, 2.75) is 39.5 Å². The lowest BCUT2D eigenvalue weighted by atomic mass is 9.81. The number of allylic oxidation sites excluding steroid dienone is 1. The van der Waals surface area contributed by atoms with Gasteiger partial charge in [-0.05, 0) is 61.2 Å². The zero-order valence-electron chi connectivity index (χ0n) is 15.7. The average Bonchev–Trinajstić information content (AvgIpc) is 2.61. The van der Waals surface area contributed by atoms with Gasteiger partial charge in [-0.2, -0.15) is 0 Å². The van der Waals surface area contributed by atoms with E-state index in [1.165, 1.54) is 18.2 Å². The van der Waals surface area contributed by atoms with E-state index in [0.29, 0.717) is 17.9 Å². The van der Waals surface area contributed by atoms with E-state index in [2.05, 4.69) is 20.8 Å². The fourth-order valence-corrected chi connectivity index (χ4v) is 2.62. The molecule has 2 aromatic carbocycles. The van der Waals surface area contributed by atoms with Crippen LogP contribution in [0.25, 0.3) is 6.08 Å². The van der Waals surface area contributed by atoms with E-state index in [-0.39, 0.29) is 22.7 Å². The highest BCUT2D eigenvalue weighted by Crippen LogP contribution is 2.38. The van der Waals surface area contributed by atoms with Crippen LogP contribution in [0.15, 0.2) is 42.5 Å². The molecule has 0 aromatic heterocycles. The summed E-state index contributed by atoms with van der Waals surface area (Å²) in [5, 5.41) is 19.7. The quantitative estimate of drug-likeness (QED) is 0.537. The number of benzene rings is 2. The third kappa shape index (κ3) is 4.45. The van der Waals surface area contributed by atoms with Crippen LogP contribution in [0, 0.1) is 0 Å². The number of carbonyl (C=O) groups excluding carboxylic acids is 1. The number of aromatic hydroxyl groups is 2. The Morgan fingerprint density at radius 2 is 1.77 bits per heavy atom. The van der Waals surface area contributed by atoms with Crippen molar-refractivity contribution < 1.29 is 19.7 Å². The van der Waals surface area contributed by atoms with Gasteiger partial charge in [0.15, 0.2) is 5.78 Å². The summed E-state index contributed by atoms with van der Waals surface area (Å²) in [6.45, 7) is 8.54. The molecular formula is C22H26O4. The molecule has 0 amide bonds. The van der Waals surface area contributed by atoms with Crippen LogP contribution in [-0.2, 0) is 5.41 Å². The molecule has 0 spiro atoms. The summed E-state index contributed by atoms with van der Waals surface area (Å²) in [4.78, 5) is 12.3. The molecule has 0 unspecified atom stereocenters. The van der Waals surface area contributed by atoms with Crippen LogP contribution < -0.4 is 4.74 Å². The van der Waals surface area contributed by atoms with Crippen LogP contribution >= 0.6 is 0 Å². The number of rotatable bonds is 7. The first-order valence-electron chi connectivity index (χ1n) is 8.80. The van der Waals surface area contributed by atoms with Crippen LogP contribution in [0.4, 0.5) is 0 Å². The fraction of sp³-hybridized carbons (Fsp3) is 0.318. The summed E-state index contributed by atoms with van der Waals surface area (Å²) < 4.78 is 5.62. The first-order valence-corrected chi connectivity index (χ1v) is 8.80. The third-order valence-corrected chi connectivity index (χ3v) is 4.61. The summed E-state index contributed by atoms with van der Waals surface area (Å²) in [5.41, 5.74) is 1.86. The molecule has 26 heavy (non-hydrogen) atoms. The van der Waals surface area contributed by atoms with Gasteiger partial charge in [0.1, 0.15) is 17.2 Å². The van der Waals surface area contributed by atoms with Crippen LogP contribution in [0.1, 0.15) is 55.6 Å². The summed E-state index contributed by atoms with van der Waals surface area (Å²) in [7, 11) is 0. The number of hydrogen-bond donors (Lipinski definition) is 2. The number of hydrogen-bond acceptors (Lipinski definition) is 4. The van der Waals surface area contributed by atoms with Crippen LogP contribution in [0.5, 0.6) is 17.2 Å². The SMILES string of the molecule is CCOc1cc(O)c(C(C)(C)CC)cc1/C=C/C(=O)c1ccc(O)cc1. The predicted octanol–water partition coefficient (Wildman–Crippen LogP) is 5.08. The Labute approximate surface area is 154 Å². The molecule has 0 aliphatic carbocycles. The summed E-state index contributed by atoms with van der Waals surface area (Å²) in [5.74, 6) is 0.684. The van der Waals surface area contributed by atoms with Gasteiger partial charge in [-0.3, -0.25) is 4.79 Å². The molecule has 2 aromatic rings. The van der Waals surface area contributed by atoms with Gasteiger partial charge in [-0.1, -0.05) is 20.8 Å². The number of ketones is 1. The number of phenolic OH excluding ortho intramolecular Hbond substituents is 2. The lowest BCUT2D eigenvalue weighted by Crippen LogP contribution is -2.16. The third-order valence-electron chi connectivity index (χ3n) is 4.61. The highest BCUT2D eigenvalue weighted by Gasteiger charge is 2.23. The van der Waals surface area contributed by atoms with E-state index < -0.39 is 0 Å². The van der Waals surface area contributed by atoms with Crippen molar-refractivity contribution in [2.24, 2.45) is 0 Å². The highest BCUT2D eigenvalue weighted by molar-refractivity contribution is 6.07. The van der Waals surface area contributed by atoms with Crippen molar-refractivity contribution in [3.05, 3.63) is 59.2 Å². The van der Waals surface area contributed by atoms with E-state index in [0.717, 1.165) is 17.5 Å². The minimum absolute atomic E-state index is 0.120. The van der Waals surface area contributed by atoms with E-state index >= 15 is 0 Å². The van der Waals surface area contributed by atoms with E-state index in [4.69, 9.17) is 4.74 Å². The topological polar surface area (TPSA) is 66.8 Å². The second-order valence-corrected chi connectivity index (χ2v) is 6.82. The van der Waals surface area contributed by atoms with Gasteiger partial charge in [0.25, 0.3) is 0 Å². The molecular weight excluding hydrogens is 328 g/mol. The second-order valence-electron chi connectivity index (χ2n) is 6.82. The van der Waals surface area contributed by atoms with Crippen molar-refractivity contribution >= 4 is 11.9 Å². The number of phenols is 2. The van der Waals surface area contributed by atoms with E-state index in [1.807, 2.05) is 13.0 Å². The van der Waals surface area contributed by atoms with E-state index in [9.17, 15) is 15.0 Å². The van der Waals surface area contributed by atoms with E-state index in [1.54, 1.807) is 24.3 Å². The minimum Gasteiger partial charge on any atom is -0.508 e. The Bertz CT molecular complexity index is 802. The summed E-state index contributed by atoms with van der Waals surface area (Å²) in [6.07, 6.45) is 4.04. The minimum atomic E-state index is -0.196. The predicted molar refractivity (Wildman–Crippen MR) is 104 cm³/mol. The number of carbonyl (C=O) groups is 1. The van der Waals surface area contributed by atoms with Gasteiger partial charge < -0.3 is 14.9 Å². The Morgan fingerprint density at radius 1 is 1.12 bits per heavy atom. The molecule has 0 saturated carbocycles. The smallest absolute Gasteiger partial charge is 0.185 e. The normalized spacial score (nSPS) is 11.7. The Balaban J connectivity index is 2.40. The molecule has 138 valence electrons. The monoisotopic (exact) mass is 354 g/mol. The molecule has 0 atom stereocenters. The zero-order valence-corrected chi connectivity index (χ0v) is 15.7. The molecule has 0 radical (unpaired) electrons. The molecule has 0 fully saturated rings. The second kappa shape index (κ2) is 8.09. The zero-order chi connectivity index (χ0) is 19.3. The molecule has 0 bridgehead atoms. The van der Waals surface area contributed by atoms with Crippen LogP contribution in [0.3, 0.4) is 0 Å². The first-order chi connectivity index (χ1) is 12.3. The molecule has 4 nitrogen and oxygen atoms in total. The molecule has 4 heteroatoms. The molecule has 2 N–H and O–H groups in total. The maximum Gasteiger partial charge on any atom is 0.185 e. The highest BCUT2D eigenvalue weighted by atomic mass is 16.5. The maximum absolute atomic E-state index is 12.3. The standard InChI is InChI=1S/C22H26O4/c1-5-22(3,4)18-13-16(21(26-6-2)14-20(18)25)9-12-19(24)15-7-10-17(23)11-8-15/h7-14,23,25H,5-6H2,1-4H3/b12-9+. The lowest BCUT2D eigenvalue weighted by molar-refractivity contribution is 0.104. The van der Waals surface area contributed by atoms with Crippen molar-refractivity contribution in [1.82, 2.24) is 0 Å². The van der Waals surface area contributed by atoms with Gasteiger partial charge in [-0.25, -0.2) is 0 Å². The molecule has 2 rings (SSSR count). The van der Waals surface area contributed by atoms with Crippen LogP contribution in [0.2, 0.25) is 0 Å². The number of ether oxygens (including phenoxy) is 1. The van der Waals surface area contributed by atoms with Gasteiger partial charge in [-0.15, -0.1) is 0 Å². The Kier molecular flexibility index (Phi) is 6.09. The Hall–Kier alpha value is -2.75. The van der Waals surface area contributed by atoms with Gasteiger partial charge >= 0.3 is 0 Å². The maximum atomic E-state index is 12.3. The largest absolute Gasteiger partial charge is 0.508 e. The Morgan fingerprint density at radius 3 is 2.35 bits per heavy atom. The van der Waals surface area contributed by atoms with Crippen molar-refractivity contribution in [1.29, 1.82) is 0 Å². The molecule has 0 aliphatic heterocycles. The van der Waals surface area contributed by atoms with Crippen LogP contribution in [-0.4, -0.2) is 22.6 Å².